The van der Waals surface area contributed by atoms with Crippen LogP contribution in [0.25, 0.3) is 0 Å². The van der Waals surface area contributed by atoms with Gasteiger partial charge in [-0.15, -0.1) is 0 Å². The summed E-state index contributed by atoms with van der Waals surface area (Å²) in [5.74, 6) is -0.577. The third-order valence-electron chi connectivity index (χ3n) is 2.29. The van der Waals surface area contributed by atoms with Crippen molar-refractivity contribution in [2.75, 3.05) is 0 Å². The van der Waals surface area contributed by atoms with Crippen molar-refractivity contribution in [3.05, 3.63) is 23.8 Å². The summed E-state index contributed by atoms with van der Waals surface area (Å²) in [6.45, 7) is 6.19. The van der Waals surface area contributed by atoms with Crippen molar-refractivity contribution in [3.8, 4) is 0 Å². The quantitative estimate of drug-likeness (QED) is 0.788. The molecule has 5 heteroatoms. The Bertz CT molecular complexity index is 368. The number of carboxylic acids is 1. The van der Waals surface area contributed by atoms with Crippen molar-refractivity contribution in [2.24, 2.45) is 5.73 Å². The first-order chi connectivity index (χ1) is 7.30. The van der Waals surface area contributed by atoms with Gasteiger partial charge in [0.1, 0.15) is 11.9 Å². The lowest BCUT2D eigenvalue weighted by atomic mass is 9.89. The zero-order chi connectivity index (χ0) is 12.3. The zero-order valence-corrected chi connectivity index (χ0v) is 9.77. The molecule has 1 aromatic rings. The number of aromatic nitrogens is 2. The summed E-state index contributed by atoms with van der Waals surface area (Å²) in [4.78, 5) is 18.8. The number of nitrogens with zero attached hydrogens (tertiary/aromatic N) is 2. The average Bonchev–Trinajstić information content (AvgIpc) is 2.17. The van der Waals surface area contributed by atoms with Gasteiger partial charge < -0.3 is 10.8 Å². The third kappa shape index (κ3) is 3.27. The molecule has 0 saturated heterocycles. The predicted octanol–water partition coefficient (Wildman–Crippen LogP) is 0.728. The second-order valence-corrected chi connectivity index (χ2v) is 4.79. The molecule has 1 aromatic heterocycles. The molecule has 0 amide bonds. The summed E-state index contributed by atoms with van der Waals surface area (Å²) < 4.78 is 0. The average molecular weight is 223 g/mol. The molecule has 0 saturated carbocycles. The molecule has 0 aliphatic rings. The second kappa shape index (κ2) is 4.57. The number of nitrogens with two attached hydrogens (primary N) is 1. The smallest absolute Gasteiger partial charge is 0.320 e. The van der Waals surface area contributed by atoms with E-state index in [0.29, 0.717) is 5.82 Å². The van der Waals surface area contributed by atoms with Crippen LogP contribution >= 0.6 is 0 Å². The van der Waals surface area contributed by atoms with Crippen molar-refractivity contribution in [1.82, 2.24) is 9.97 Å². The maximum atomic E-state index is 10.5. The number of hydrogen-bond acceptors (Lipinski definition) is 4. The fourth-order valence-corrected chi connectivity index (χ4v) is 1.13. The van der Waals surface area contributed by atoms with Crippen molar-refractivity contribution >= 4 is 5.97 Å². The Hall–Kier alpha value is -1.49. The number of hydrogen-bond donors (Lipinski definition) is 2. The molecule has 1 heterocycles. The minimum absolute atomic E-state index is 0.00650. The largest absolute Gasteiger partial charge is 0.480 e. The zero-order valence-electron chi connectivity index (χ0n) is 9.77. The van der Waals surface area contributed by atoms with E-state index in [0.717, 1.165) is 5.56 Å². The standard InChI is InChI=1S/C11H17N3O2/c1-11(2,3)7-5-13-9(14-6-7)4-8(12)10(15)16/h5-6,8H,4,12H2,1-3H3,(H,15,16). The summed E-state index contributed by atoms with van der Waals surface area (Å²) in [5, 5.41) is 8.65. The van der Waals surface area contributed by atoms with Crippen LogP contribution in [-0.4, -0.2) is 27.1 Å². The molecule has 0 aromatic carbocycles. The van der Waals surface area contributed by atoms with E-state index in [2.05, 4.69) is 30.7 Å². The van der Waals surface area contributed by atoms with Gasteiger partial charge in [-0.25, -0.2) is 9.97 Å². The maximum absolute atomic E-state index is 10.5. The molecule has 0 aliphatic heterocycles. The molecule has 16 heavy (non-hydrogen) atoms. The van der Waals surface area contributed by atoms with Crippen LogP contribution < -0.4 is 5.73 Å². The lowest BCUT2D eigenvalue weighted by molar-refractivity contribution is -0.138. The molecule has 3 N–H and O–H groups in total. The van der Waals surface area contributed by atoms with Gasteiger partial charge in [-0.3, -0.25) is 4.79 Å². The van der Waals surface area contributed by atoms with Crippen LogP contribution in [0.3, 0.4) is 0 Å². The SMILES string of the molecule is CC(C)(C)c1cnc(CC(N)C(=O)O)nc1. The van der Waals surface area contributed by atoms with Gasteiger partial charge in [-0.05, 0) is 11.0 Å². The van der Waals surface area contributed by atoms with E-state index in [1.54, 1.807) is 12.4 Å². The van der Waals surface area contributed by atoms with Gasteiger partial charge in [0.2, 0.25) is 0 Å². The van der Waals surface area contributed by atoms with Gasteiger partial charge in [0.25, 0.3) is 0 Å². The molecule has 5 nitrogen and oxygen atoms in total. The predicted molar refractivity (Wildman–Crippen MR) is 60.0 cm³/mol. The summed E-state index contributed by atoms with van der Waals surface area (Å²) in [5.41, 5.74) is 6.40. The number of rotatable bonds is 3. The van der Waals surface area contributed by atoms with Crippen LogP contribution in [0.15, 0.2) is 12.4 Å². The number of aliphatic carboxylic acids is 1. The van der Waals surface area contributed by atoms with Crippen molar-refractivity contribution < 1.29 is 9.90 Å². The van der Waals surface area contributed by atoms with Gasteiger partial charge >= 0.3 is 5.97 Å². The molecule has 0 spiro atoms. The Kier molecular flexibility index (Phi) is 3.59. The minimum Gasteiger partial charge on any atom is -0.480 e. The van der Waals surface area contributed by atoms with Crippen LogP contribution in [0.1, 0.15) is 32.2 Å². The fraction of sp³-hybridized carbons (Fsp3) is 0.545. The highest BCUT2D eigenvalue weighted by molar-refractivity contribution is 5.73. The molecule has 0 aliphatic carbocycles. The minimum atomic E-state index is -1.04. The molecular formula is C11H17N3O2. The Morgan fingerprint density at radius 1 is 1.44 bits per heavy atom. The summed E-state index contributed by atoms with van der Waals surface area (Å²) in [6, 6.07) is -0.944. The summed E-state index contributed by atoms with van der Waals surface area (Å²) in [7, 11) is 0. The highest BCUT2D eigenvalue weighted by atomic mass is 16.4. The number of carboxylic acid groups (broad SMARTS) is 1. The first-order valence-electron chi connectivity index (χ1n) is 5.10. The van der Waals surface area contributed by atoms with Crippen LogP contribution in [0.5, 0.6) is 0 Å². The topological polar surface area (TPSA) is 89.1 Å². The lowest BCUT2D eigenvalue weighted by Crippen LogP contribution is -2.33. The van der Waals surface area contributed by atoms with Gasteiger partial charge in [-0.2, -0.15) is 0 Å². The summed E-state index contributed by atoms with van der Waals surface area (Å²) in [6.07, 6.45) is 3.59. The van der Waals surface area contributed by atoms with E-state index in [9.17, 15) is 4.79 Å². The normalized spacial score (nSPS) is 13.5. The van der Waals surface area contributed by atoms with Crippen LogP contribution in [-0.2, 0) is 16.6 Å². The third-order valence-corrected chi connectivity index (χ3v) is 2.29. The van der Waals surface area contributed by atoms with Crippen molar-refractivity contribution in [3.63, 3.8) is 0 Å². The molecule has 1 rings (SSSR count). The molecule has 0 radical (unpaired) electrons. The second-order valence-electron chi connectivity index (χ2n) is 4.79. The van der Waals surface area contributed by atoms with E-state index in [4.69, 9.17) is 10.8 Å². The molecular weight excluding hydrogens is 206 g/mol. The molecule has 0 bridgehead atoms. The van der Waals surface area contributed by atoms with Gasteiger partial charge in [0.15, 0.2) is 0 Å². The van der Waals surface area contributed by atoms with E-state index >= 15 is 0 Å². The van der Waals surface area contributed by atoms with E-state index in [1.165, 1.54) is 0 Å². The first-order valence-corrected chi connectivity index (χ1v) is 5.10. The van der Waals surface area contributed by atoms with Crippen LogP contribution in [0.4, 0.5) is 0 Å². The number of carbonyl (C=O) groups is 1. The van der Waals surface area contributed by atoms with E-state index in [-0.39, 0.29) is 11.8 Å². The Labute approximate surface area is 94.7 Å². The summed E-state index contributed by atoms with van der Waals surface area (Å²) >= 11 is 0. The molecule has 0 fully saturated rings. The molecule has 1 unspecified atom stereocenters. The van der Waals surface area contributed by atoms with Crippen molar-refractivity contribution in [1.29, 1.82) is 0 Å². The maximum Gasteiger partial charge on any atom is 0.320 e. The Morgan fingerprint density at radius 3 is 2.31 bits per heavy atom. The first kappa shape index (κ1) is 12.6. The molecule has 1 atom stereocenters. The van der Waals surface area contributed by atoms with Gasteiger partial charge in [0.05, 0.1) is 0 Å². The lowest BCUT2D eigenvalue weighted by Gasteiger charge is -2.17. The van der Waals surface area contributed by atoms with Crippen molar-refractivity contribution in [2.45, 2.75) is 38.6 Å². The highest BCUT2D eigenvalue weighted by Gasteiger charge is 2.17. The monoisotopic (exact) mass is 223 g/mol. The fourth-order valence-electron chi connectivity index (χ4n) is 1.13. The van der Waals surface area contributed by atoms with Gasteiger partial charge in [-0.1, -0.05) is 20.8 Å². The van der Waals surface area contributed by atoms with Crippen LogP contribution in [0, 0.1) is 0 Å². The van der Waals surface area contributed by atoms with Crippen LogP contribution in [0.2, 0.25) is 0 Å². The Morgan fingerprint density at radius 2 is 1.94 bits per heavy atom. The highest BCUT2D eigenvalue weighted by Crippen LogP contribution is 2.19. The van der Waals surface area contributed by atoms with Gasteiger partial charge in [0, 0.05) is 18.8 Å². The molecule has 88 valence electrons. The van der Waals surface area contributed by atoms with E-state index < -0.39 is 12.0 Å². The van der Waals surface area contributed by atoms with E-state index in [1.807, 2.05) is 0 Å². The Balaban J connectivity index is 2.76.